The molecule has 64 valence electrons. The molecule has 0 aliphatic heterocycles. The molecular formula is C8H18AlO2+. The quantitative estimate of drug-likeness (QED) is 0.413. The van der Waals surface area contributed by atoms with Crippen LogP contribution in [0, 0.1) is 0 Å². The van der Waals surface area contributed by atoms with Gasteiger partial charge in [-0.1, -0.05) is 0 Å². The van der Waals surface area contributed by atoms with Gasteiger partial charge in [-0.2, -0.15) is 0 Å². The molecule has 0 aromatic carbocycles. The zero-order valence-corrected chi connectivity index (χ0v) is 8.79. The van der Waals surface area contributed by atoms with E-state index in [0.717, 1.165) is 26.1 Å². The minimum absolute atomic E-state index is 0.189. The van der Waals surface area contributed by atoms with Crippen molar-refractivity contribution in [1.29, 1.82) is 0 Å². The van der Waals surface area contributed by atoms with Gasteiger partial charge >= 0.3 is 76.2 Å². The van der Waals surface area contributed by atoms with Gasteiger partial charge in [-0.15, -0.1) is 0 Å². The van der Waals surface area contributed by atoms with Crippen molar-refractivity contribution in [2.45, 2.75) is 39.5 Å². The SMILES string of the molecule is CCCC[O][Al+][O]CCCC. The fourth-order valence-corrected chi connectivity index (χ4v) is 1.22. The monoisotopic (exact) mass is 173 g/mol. The first-order valence-electron chi connectivity index (χ1n) is 4.46. The summed E-state index contributed by atoms with van der Waals surface area (Å²) in [5.74, 6) is 0. The predicted molar refractivity (Wildman–Crippen MR) is 47.5 cm³/mol. The van der Waals surface area contributed by atoms with Crippen LogP contribution in [0.3, 0.4) is 0 Å². The Morgan fingerprint density at radius 3 is 1.73 bits per heavy atom. The minimum atomic E-state index is -0.189. The molecule has 3 heteroatoms. The van der Waals surface area contributed by atoms with Gasteiger partial charge in [0, 0.05) is 0 Å². The molecule has 0 saturated heterocycles. The molecule has 0 N–H and O–H groups in total. The molecule has 0 rings (SSSR count). The van der Waals surface area contributed by atoms with E-state index in [1.165, 1.54) is 12.8 Å². The first-order chi connectivity index (χ1) is 5.41. The van der Waals surface area contributed by atoms with Crippen molar-refractivity contribution >= 4 is 15.9 Å². The normalized spacial score (nSPS) is 9.64. The molecule has 0 atom stereocenters. The third kappa shape index (κ3) is 10.5. The predicted octanol–water partition coefficient (Wildman–Crippen LogP) is 2.15. The molecule has 0 aromatic heterocycles. The Hall–Kier alpha value is 0.452. The maximum atomic E-state index is 5.28. The van der Waals surface area contributed by atoms with Gasteiger partial charge in [0.2, 0.25) is 0 Å². The fraction of sp³-hybridized carbons (Fsp3) is 1.00. The van der Waals surface area contributed by atoms with Gasteiger partial charge in [0.25, 0.3) is 0 Å². The Labute approximate surface area is 76.7 Å². The molecule has 2 nitrogen and oxygen atoms in total. The van der Waals surface area contributed by atoms with Gasteiger partial charge in [-0.05, 0) is 0 Å². The summed E-state index contributed by atoms with van der Waals surface area (Å²) in [4.78, 5) is 0. The topological polar surface area (TPSA) is 18.5 Å². The number of unbranched alkanes of at least 4 members (excludes halogenated alkanes) is 2. The van der Waals surface area contributed by atoms with Crippen LogP contribution in [0.15, 0.2) is 0 Å². The van der Waals surface area contributed by atoms with Gasteiger partial charge in [-0.3, -0.25) is 0 Å². The summed E-state index contributed by atoms with van der Waals surface area (Å²) in [5, 5.41) is 0. The average molecular weight is 173 g/mol. The number of hydrogen-bond acceptors (Lipinski definition) is 2. The molecule has 0 fully saturated rings. The fourth-order valence-electron chi connectivity index (χ4n) is 0.600. The van der Waals surface area contributed by atoms with E-state index < -0.39 is 0 Å². The van der Waals surface area contributed by atoms with Crippen LogP contribution >= 0.6 is 0 Å². The van der Waals surface area contributed by atoms with Crippen molar-refractivity contribution in [3.8, 4) is 0 Å². The molecule has 0 aromatic rings. The van der Waals surface area contributed by atoms with Gasteiger partial charge in [0.1, 0.15) is 0 Å². The van der Waals surface area contributed by atoms with Crippen molar-refractivity contribution in [2.75, 3.05) is 13.2 Å². The number of rotatable bonds is 8. The molecular weight excluding hydrogens is 155 g/mol. The summed E-state index contributed by atoms with van der Waals surface area (Å²) >= 11 is -0.189. The van der Waals surface area contributed by atoms with E-state index in [-0.39, 0.29) is 15.9 Å². The Balaban J connectivity index is 2.69. The first kappa shape index (κ1) is 11.5. The van der Waals surface area contributed by atoms with E-state index in [0.29, 0.717) is 0 Å². The molecule has 0 amide bonds. The van der Waals surface area contributed by atoms with Crippen LogP contribution in [0.1, 0.15) is 39.5 Å². The van der Waals surface area contributed by atoms with E-state index >= 15 is 0 Å². The summed E-state index contributed by atoms with van der Waals surface area (Å²) < 4.78 is 10.6. The Kier molecular flexibility index (Phi) is 10.9. The van der Waals surface area contributed by atoms with Crippen molar-refractivity contribution in [3.05, 3.63) is 0 Å². The van der Waals surface area contributed by atoms with Gasteiger partial charge in [0.05, 0.1) is 0 Å². The first-order valence-corrected chi connectivity index (χ1v) is 5.41. The Morgan fingerprint density at radius 1 is 0.909 bits per heavy atom. The maximum absolute atomic E-state index is 5.28. The van der Waals surface area contributed by atoms with Gasteiger partial charge < -0.3 is 0 Å². The van der Waals surface area contributed by atoms with E-state index in [1.807, 2.05) is 0 Å². The van der Waals surface area contributed by atoms with Gasteiger partial charge in [0.15, 0.2) is 0 Å². The van der Waals surface area contributed by atoms with Crippen molar-refractivity contribution < 1.29 is 7.58 Å². The van der Waals surface area contributed by atoms with Crippen molar-refractivity contribution in [1.82, 2.24) is 0 Å². The summed E-state index contributed by atoms with van der Waals surface area (Å²) in [7, 11) is 0. The third-order valence-corrected chi connectivity index (χ3v) is 2.11. The second kappa shape index (κ2) is 10.5. The van der Waals surface area contributed by atoms with Crippen LogP contribution in [0.25, 0.3) is 0 Å². The van der Waals surface area contributed by atoms with Crippen molar-refractivity contribution in [3.63, 3.8) is 0 Å². The zero-order valence-electron chi connectivity index (χ0n) is 7.64. The van der Waals surface area contributed by atoms with E-state index in [4.69, 9.17) is 7.58 Å². The molecule has 0 aliphatic carbocycles. The summed E-state index contributed by atoms with van der Waals surface area (Å²) in [6.07, 6.45) is 4.72. The standard InChI is InChI=1S/2C4H9O.Al/c2*1-2-3-4-5;/h2*2-4H2,1H3;/q2*-1;+3. The van der Waals surface area contributed by atoms with Crippen molar-refractivity contribution in [2.24, 2.45) is 0 Å². The summed E-state index contributed by atoms with van der Waals surface area (Å²) in [5.41, 5.74) is 0. The van der Waals surface area contributed by atoms with Crippen LogP contribution in [0.5, 0.6) is 0 Å². The molecule has 0 bridgehead atoms. The van der Waals surface area contributed by atoms with E-state index in [9.17, 15) is 0 Å². The zero-order chi connectivity index (χ0) is 8.36. The second-order valence-corrected chi connectivity index (χ2v) is 3.40. The average Bonchev–Trinajstić information content (AvgIpc) is 2.03. The summed E-state index contributed by atoms with van der Waals surface area (Å²) in [6, 6.07) is 0. The van der Waals surface area contributed by atoms with Gasteiger partial charge in [-0.25, -0.2) is 0 Å². The molecule has 0 radical (unpaired) electrons. The molecule has 11 heavy (non-hydrogen) atoms. The molecule has 0 aliphatic rings. The third-order valence-electron chi connectivity index (χ3n) is 1.37. The molecule has 0 spiro atoms. The van der Waals surface area contributed by atoms with Crippen LogP contribution in [-0.2, 0) is 7.58 Å². The van der Waals surface area contributed by atoms with Crippen LogP contribution in [0.4, 0.5) is 0 Å². The molecule has 0 heterocycles. The molecule has 0 saturated carbocycles. The summed E-state index contributed by atoms with van der Waals surface area (Å²) in [6.45, 7) is 6.07. The van der Waals surface area contributed by atoms with Crippen LogP contribution in [-0.4, -0.2) is 29.1 Å². The van der Waals surface area contributed by atoms with E-state index in [2.05, 4.69) is 13.8 Å². The van der Waals surface area contributed by atoms with Crippen LogP contribution < -0.4 is 0 Å². The Bertz CT molecular complexity index is 61.1. The molecule has 0 unspecified atom stereocenters. The van der Waals surface area contributed by atoms with E-state index in [1.54, 1.807) is 0 Å². The number of hydrogen-bond donors (Lipinski definition) is 0. The Morgan fingerprint density at radius 2 is 1.36 bits per heavy atom. The second-order valence-electron chi connectivity index (χ2n) is 2.54. The van der Waals surface area contributed by atoms with Crippen LogP contribution in [0.2, 0.25) is 0 Å².